The van der Waals surface area contributed by atoms with Crippen LogP contribution in [0, 0.1) is 5.92 Å². The highest BCUT2D eigenvalue weighted by molar-refractivity contribution is 4.72. The molecule has 0 bridgehead atoms. The quantitative estimate of drug-likeness (QED) is 0.604. The second kappa shape index (κ2) is 7.30. The zero-order chi connectivity index (χ0) is 10.3. The summed E-state index contributed by atoms with van der Waals surface area (Å²) in [5.41, 5.74) is 5.71. The maximum Gasteiger partial charge on any atom is 0.0474 e. The first-order valence-electron chi connectivity index (χ1n) is 5.02. The van der Waals surface area contributed by atoms with Crippen molar-refractivity contribution >= 4 is 0 Å². The average Bonchev–Trinajstić information content (AvgIpc) is 2.05. The minimum absolute atomic E-state index is 0.497. The molecule has 1 atom stereocenters. The molecule has 0 heterocycles. The summed E-state index contributed by atoms with van der Waals surface area (Å²) in [6.45, 7) is 7.06. The van der Waals surface area contributed by atoms with Gasteiger partial charge in [-0.15, -0.1) is 0 Å². The summed E-state index contributed by atoms with van der Waals surface area (Å²) in [7, 11) is 3.87. The molecule has 3 nitrogen and oxygen atoms in total. The molecule has 0 rings (SSSR count). The summed E-state index contributed by atoms with van der Waals surface area (Å²) in [6.07, 6.45) is 1.08. The predicted molar refractivity (Wildman–Crippen MR) is 56.8 cm³/mol. The van der Waals surface area contributed by atoms with Crippen LogP contribution in [0.15, 0.2) is 0 Å². The highest BCUT2D eigenvalue weighted by atomic mass is 16.5. The second-order valence-electron chi connectivity index (χ2n) is 3.87. The van der Waals surface area contributed by atoms with Gasteiger partial charge in [0.15, 0.2) is 0 Å². The summed E-state index contributed by atoms with van der Waals surface area (Å²) in [4.78, 5) is 2.32. The Kier molecular flexibility index (Phi) is 7.23. The Morgan fingerprint density at radius 1 is 1.38 bits per heavy atom. The molecule has 80 valence electrons. The molecule has 0 aliphatic heterocycles. The number of nitrogens with two attached hydrogens (primary N) is 1. The number of rotatable bonds is 7. The Bertz CT molecular complexity index is 117. The topological polar surface area (TPSA) is 38.5 Å². The van der Waals surface area contributed by atoms with E-state index < -0.39 is 0 Å². The van der Waals surface area contributed by atoms with Gasteiger partial charge in [-0.3, -0.25) is 0 Å². The van der Waals surface area contributed by atoms with Gasteiger partial charge in [0.1, 0.15) is 0 Å². The first-order chi connectivity index (χ1) is 6.13. The Morgan fingerprint density at radius 2 is 2.00 bits per heavy atom. The van der Waals surface area contributed by atoms with Crippen molar-refractivity contribution in [1.82, 2.24) is 4.90 Å². The summed E-state index contributed by atoms with van der Waals surface area (Å²) < 4.78 is 5.01. The van der Waals surface area contributed by atoms with Gasteiger partial charge in [-0.1, -0.05) is 13.8 Å². The maximum absolute atomic E-state index is 5.71. The van der Waals surface area contributed by atoms with E-state index in [4.69, 9.17) is 10.5 Å². The van der Waals surface area contributed by atoms with Gasteiger partial charge in [-0.25, -0.2) is 0 Å². The van der Waals surface area contributed by atoms with Gasteiger partial charge in [0, 0.05) is 32.8 Å². The van der Waals surface area contributed by atoms with Crippen LogP contribution >= 0.6 is 0 Å². The lowest BCUT2D eigenvalue weighted by atomic mass is 10.0. The summed E-state index contributed by atoms with van der Waals surface area (Å²) in [5, 5.41) is 0. The van der Waals surface area contributed by atoms with Crippen LogP contribution in [-0.4, -0.2) is 44.8 Å². The van der Waals surface area contributed by atoms with E-state index in [2.05, 4.69) is 25.8 Å². The van der Waals surface area contributed by atoms with Gasteiger partial charge in [-0.05, 0) is 19.4 Å². The molecule has 3 heteroatoms. The summed E-state index contributed by atoms with van der Waals surface area (Å²) in [6, 6.07) is 0.497. The standard InChI is InChI=1S/C10H24N2O/c1-9(2)10(8-11)12(3)6-5-7-13-4/h9-10H,5-8,11H2,1-4H3. The molecular weight excluding hydrogens is 164 g/mol. The fourth-order valence-electron chi connectivity index (χ4n) is 1.59. The third-order valence-corrected chi connectivity index (χ3v) is 2.44. The van der Waals surface area contributed by atoms with Crippen LogP contribution in [-0.2, 0) is 4.74 Å². The van der Waals surface area contributed by atoms with Crippen LogP contribution in [0.25, 0.3) is 0 Å². The Morgan fingerprint density at radius 3 is 2.38 bits per heavy atom. The lowest BCUT2D eigenvalue weighted by Crippen LogP contribution is -2.42. The van der Waals surface area contributed by atoms with Crippen LogP contribution in [0.2, 0.25) is 0 Å². The highest BCUT2D eigenvalue weighted by Crippen LogP contribution is 2.07. The second-order valence-corrected chi connectivity index (χ2v) is 3.87. The van der Waals surface area contributed by atoms with E-state index in [1.165, 1.54) is 0 Å². The maximum atomic E-state index is 5.71. The fourth-order valence-corrected chi connectivity index (χ4v) is 1.59. The first kappa shape index (κ1) is 12.9. The smallest absolute Gasteiger partial charge is 0.0474 e. The van der Waals surface area contributed by atoms with Crippen molar-refractivity contribution in [2.45, 2.75) is 26.3 Å². The van der Waals surface area contributed by atoms with Gasteiger partial charge in [0.05, 0.1) is 0 Å². The molecule has 0 aliphatic rings. The van der Waals surface area contributed by atoms with E-state index in [0.717, 1.165) is 26.1 Å². The van der Waals surface area contributed by atoms with Crippen molar-refractivity contribution in [3.05, 3.63) is 0 Å². The van der Waals surface area contributed by atoms with Gasteiger partial charge < -0.3 is 15.4 Å². The zero-order valence-corrected chi connectivity index (χ0v) is 9.42. The van der Waals surface area contributed by atoms with E-state index in [9.17, 15) is 0 Å². The largest absolute Gasteiger partial charge is 0.385 e. The number of methoxy groups -OCH3 is 1. The minimum atomic E-state index is 0.497. The summed E-state index contributed by atoms with van der Waals surface area (Å²) in [5.74, 6) is 0.623. The monoisotopic (exact) mass is 188 g/mol. The van der Waals surface area contributed by atoms with Crippen molar-refractivity contribution < 1.29 is 4.74 Å². The van der Waals surface area contributed by atoms with Gasteiger partial charge in [0.25, 0.3) is 0 Å². The molecule has 0 fully saturated rings. The number of hydrogen-bond acceptors (Lipinski definition) is 3. The molecule has 0 aromatic heterocycles. The molecule has 0 aromatic carbocycles. The molecule has 13 heavy (non-hydrogen) atoms. The minimum Gasteiger partial charge on any atom is -0.385 e. The lowest BCUT2D eigenvalue weighted by molar-refractivity contribution is 0.151. The number of nitrogens with zero attached hydrogens (tertiary/aromatic N) is 1. The predicted octanol–water partition coefficient (Wildman–Crippen LogP) is 0.938. The highest BCUT2D eigenvalue weighted by Gasteiger charge is 2.15. The number of hydrogen-bond donors (Lipinski definition) is 1. The molecule has 0 spiro atoms. The van der Waals surface area contributed by atoms with Crippen LogP contribution < -0.4 is 5.73 Å². The molecule has 0 aliphatic carbocycles. The molecule has 0 saturated carbocycles. The van der Waals surface area contributed by atoms with Crippen molar-refractivity contribution in [3.63, 3.8) is 0 Å². The van der Waals surface area contributed by atoms with Crippen LogP contribution in [0.3, 0.4) is 0 Å². The van der Waals surface area contributed by atoms with Crippen molar-refractivity contribution in [3.8, 4) is 0 Å². The molecule has 2 N–H and O–H groups in total. The molecule has 0 radical (unpaired) electrons. The lowest BCUT2D eigenvalue weighted by Gasteiger charge is -2.29. The van der Waals surface area contributed by atoms with Gasteiger partial charge in [0.2, 0.25) is 0 Å². The molecule has 0 amide bonds. The van der Waals surface area contributed by atoms with Crippen LogP contribution in [0.5, 0.6) is 0 Å². The summed E-state index contributed by atoms with van der Waals surface area (Å²) >= 11 is 0. The van der Waals surface area contributed by atoms with Gasteiger partial charge in [-0.2, -0.15) is 0 Å². The fraction of sp³-hybridized carbons (Fsp3) is 1.00. The number of ether oxygens (including phenoxy) is 1. The van der Waals surface area contributed by atoms with E-state index in [0.29, 0.717) is 12.0 Å². The van der Waals surface area contributed by atoms with Crippen molar-refractivity contribution in [2.24, 2.45) is 11.7 Å². The Balaban J connectivity index is 3.70. The Hall–Kier alpha value is -0.120. The van der Waals surface area contributed by atoms with Crippen LogP contribution in [0.1, 0.15) is 20.3 Å². The van der Waals surface area contributed by atoms with Crippen molar-refractivity contribution in [1.29, 1.82) is 0 Å². The van der Waals surface area contributed by atoms with E-state index >= 15 is 0 Å². The molecule has 0 aromatic rings. The first-order valence-corrected chi connectivity index (χ1v) is 5.02. The third-order valence-electron chi connectivity index (χ3n) is 2.44. The van der Waals surface area contributed by atoms with Crippen LogP contribution in [0.4, 0.5) is 0 Å². The zero-order valence-electron chi connectivity index (χ0n) is 9.42. The van der Waals surface area contributed by atoms with Crippen molar-refractivity contribution in [2.75, 3.05) is 33.9 Å². The third kappa shape index (κ3) is 5.24. The van der Waals surface area contributed by atoms with Gasteiger partial charge >= 0.3 is 0 Å². The average molecular weight is 188 g/mol. The molecule has 1 unspecified atom stereocenters. The van der Waals surface area contributed by atoms with E-state index in [1.807, 2.05) is 0 Å². The SMILES string of the molecule is COCCCN(C)C(CN)C(C)C. The molecule has 0 saturated heterocycles. The van der Waals surface area contributed by atoms with E-state index in [-0.39, 0.29) is 0 Å². The number of likely N-dealkylation sites (N-methyl/N-ethyl adjacent to an activating group) is 1. The normalized spacial score (nSPS) is 14.1. The molecular formula is C10H24N2O. The van der Waals surface area contributed by atoms with E-state index in [1.54, 1.807) is 7.11 Å². The Labute approximate surface area is 82.2 Å².